The molecule has 0 saturated carbocycles. The van der Waals surface area contributed by atoms with Gasteiger partial charge in [-0.3, -0.25) is 14.4 Å². The van der Waals surface area contributed by atoms with Gasteiger partial charge in [0.2, 0.25) is 0 Å². The predicted octanol–water partition coefficient (Wildman–Crippen LogP) is 25.7. The zero-order valence-corrected chi connectivity index (χ0v) is 56.0. The van der Waals surface area contributed by atoms with Crippen LogP contribution in [0.1, 0.15) is 406 Å². The maximum atomic E-state index is 13.0. The molecule has 0 aliphatic heterocycles. The highest BCUT2D eigenvalue weighted by Gasteiger charge is 2.19. The molecule has 0 N–H and O–H groups in total. The van der Waals surface area contributed by atoms with E-state index in [1.807, 2.05) is 0 Å². The summed E-state index contributed by atoms with van der Waals surface area (Å²) in [4.78, 5) is 38.5. The molecule has 0 rings (SSSR count). The Balaban J connectivity index is 4.29. The van der Waals surface area contributed by atoms with Crippen LogP contribution in [0.2, 0.25) is 0 Å². The number of carbonyl (C=O) groups is 3. The van der Waals surface area contributed by atoms with Gasteiger partial charge in [0.25, 0.3) is 0 Å². The van der Waals surface area contributed by atoms with Gasteiger partial charge in [0.05, 0.1) is 0 Å². The molecule has 0 fully saturated rings. The third-order valence-corrected chi connectivity index (χ3v) is 16.8. The van der Waals surface area contributed by atoms with E-state index in [0.29, 0.717) is 19.3 Å². The molecule has 0 saturated heterocycles. The van der Waals surface area contributed by atoms with Crippen molar-refractivity contribution in [1.82, 2.24) is 0 Å². The van der Waals surface area contributed by atoms with Gasteiger partial charge in [-0.05, 0) is 83.5 Å². The highest BCUT2D eigenvalue weighted by molar-refractivity contribution is 5.71. The second-order valence-electron chi connectivity index (χ2n) is 25.2. The Morgan fingerprint density at radius 1 is 0.241 bits per heavy atom. The molecule has 0 aromatic heterocycles. The van der Waals surface area contributed by atoms with Crippen LogP contribution in [0.3, 0.4) is 0 Å². The molecule has 83 heavy (non-hydrogen) atoms. The molecule has 0 aliphatic rings. The SMILES string of the molecule is CCCCCCC/C=C\C/C=C\C/C=C\CCCCCCCCC(=O)OC(COC(=O)CCCCCCCCC/C=C\CCCCCCCC)COC(=O)CCCCCCCCCCCCCCCCCCCCCCCCCCCCC. The van der Waals surface area contributed by atoms with Crippen LogP contribution in [0.25, 0.3) is 0 Å². The van der Waals surface area contributed by atoms with Crippen LogP contribution in [-0.2, 0) is 28.6 Å². The van der Waals surface area contributed by atoms with E-state index in [1.54, 1.807) is 0 Å². The fourth-order valence-corrected chi connectivity index (χ4v) is 11.2. The lowest BCUT2D eigenvalue weighted by atomic mass is 10.0. The van der Waals surface area contributed by atoms with Crippen molar-refractivity contribution < 1.29 is 28.6 Å². The van der Waals surface area contributed by atoms with Gasteiger partial charge in [0.1, 0.15) is 13.2 Å². The minimum absolute atomic E-state index is 0.0757. The van der Waals surface area contributed by atoms with Gasteiger partial charge >= 0.3 is 17.9 Å². The molecule has 0 bridgehead atoms. The van der Waals surface area contributed by atoms with Crippen LogP contribution in [0.5, 0.6) is 0 Å². The normalized spacial score (nSPS) is 12.3. The molecule has 0 heterocycles. The number of esters is 3. The van der Waals surface area contributed by atoms with Crippen molar-refractivity contribution in [1.29, 1.82) is 0 Å². The number of rotatable bonds is 69. The van der Waals surface area contributed by atoms with Gasteiger partial charge < -0.3 is 14.2 Å². The third-order valence-electron chi connectivity index (χ3n) is 16.8. The summed E-state index contributed by atoms with van der Waals surface area (Å²) < 4.78 is 17.0. The largest absolute Gasteiger partial charge is 0.462 e. The van der Waals surface area contributed by atoms with Crippen LogP contribution < -0.4 is 0 Å². The summed E-state index contributed by atoms with van der Waals surface area (Å²) >= 11 is 0. The average molecular weight is 1160 g/mol. The van der Waals surface area contributed by atoms with Crippen molar-refractivity contribution in [3.05, 3.63) is 48.6 Å². The Kier molecular flexibility index (Phi) is 69.6. The van der Waals surface area contributed by atoms with Crippen molar-refractivity contribution in [2.24, 2.45) is 0 Å². The monoisotopic (exact) mass is 1160 g/mol. The maximum Gasteiger partial charge on any atom is 0.306 e. The van der Waals surface area contributed by atoms with E-state index in [-0.39, 0.29) is 31.1 Å². The lowest BCUT2D eigenvalue weighted by molar-refractivity contribution is -0.167. The van der Waals surface area contributed by atoms with Crippen molar-refractivity contribution in [2.45, 2.75) is 412 Å². The molecule has 6 heteroatoms. The van der Waals surface area contributed by atoms with Gasteiger partial charge in [0, 0.05) is 19.3 Å². The number of hydrogen-bond donors (Lipinski definition) is 0. The summed E-state index contributed by atoms with van der Waals surface area (Å²) in [6.45, 7) is 6.69. The number of hydrogen-bond acceptors (Lipinski definition) is 6. The second kappa shape index (κ2) is 71.8. The standard InChI is InChI=1S/C77H142O6/c1-4-7-10-13-16-19-22-25-28-31-33-35-36-37-38-39-40-42-43-46-49-52-55-58-61-64-67-70-76(79)82-73-74(72-81-75(78)69-66-63-60-57-54-51-48-45-30-27-24-21-18-15-12-9-6-3)83-77(80)71-68-65-62-59-56-53-50-47-44-41-34-32-29-26-23-20-17-14-11-8-5-2/h23,26-27,30,32,34,44,47,74H,4-22,24-25,28-29,31,33,35-43,45-46,48-73H2,1-3H3/b26-23-,30-27-,34-32-,47-44-. The molecule has 0 aromatic carbocycles. The average Bonchev–Trinajstić information content (AvgIpc) is 3.50. The Morgan fingerprint density at radius 2 is 0.434 bits per heavy atom. The fourth-order valence-electron chi connectivity index (χ4n) is 11.2. The van der Waals surface area contributed by atoms with Crippen LogP contribution in [0.4, 0.5) is 0 Å². The molecule has 1 unspecified atom stereocenters. The van der Waals surface area contributed by atoms with Crippen molar-refractivity contribution >= 4 is 17.9 Å². The summed E-state index contributed by atoms with van der Waals surface area (Å²) in [5, 5.41) is 0. The minimum atomic E-state index is -0.783. The van der Waals surface area contributed by atoms with Crippen LogP contribution in [0, 0.1) is 0 Å². The molecule has 6 nitrogen and oxygen atoms in total. The van der Waals surface area contributed by atoms with Crippen LogP contribution in [0.15, 0.2) is 48.6 Å². The first-order valence-corrected chi connectivity index (χ1v) is 37.1. The first-order chi connectivity index (χ1) is 41.0. The summed E-state index contributed by atoms with van der Waals surface area (Å²) in [7, 11) is 0. The molecule has 0 aliphatic carbocycles. The summed E-state index contributed by atoms with van der Waals surface area (Å²) in [5.41, 5.74) is 0. The topological polar surface area (TPSA) is 78.9 Å². The Morgan fingerprint density at radius 3 is 0.687 bits per heavy atom. The molecule has 0 amide bonds. The Bertz CT molecular complexity index is 1430. The van der Waals surface area contributed by atoms with Gasteiger partial charge in [-0.15, -0.1) is 0 Å². The summed E-state index contributed by atoms with van der Waals surface area (Å²) in [6.07, 6.45) is 91.5. The van der Waals surface area contributed by atoms with Crippen LogP contribution >= 0.6 is 0 Å². The number of allylic oxidation sites excluding steroid dienone is 8. The molecular formula is C77H142O6. The van der Waals surface area contributed by atoms with E-state index in [0.717, 1.165) is 77.0 Å². The van der Waals surface area contributed by atoms with Crippen molar-refractivity contribution in [3.63, 3.8) is 0 Å². The van der Waals surface area contributed by atoms with Gasteiger partial charge in [-0.25, -0.2) is 0 Å². The van der Waals surface area contributed by atoms with E-state index in [4.69, 9.17) is 14.2 Å². The predicted molar refractivity (Wildman–Crippen MR) is 362 cm³/mol. The zero-order chi connectivity index (χ0) is 59.9. The zero-order valence-electron chi connectivity index (χ0n) is 56.0. The van der Waals surface area contributed by atoms with Crippen LogP contribution in [-0.4, -0.2) is 37.2 Å². The van der Waals surface area contributed by atoms with E-state index < -0.39 is 6.10 Å². The number of ether oxygens (including phenoxy) is 3. The number of carbonyl (C=O) groups excluding carboxylic acids is 3. The first-order valence-electron chi connectivity index (χ1n) is 37.1. The van der Waals surface area contributed by atoms with E-state index in [2.05, 4.69) is 69.4 Å². The van der Waals surface area contributed by atoms with E-state index in [1.165, 1.54) is 289 Å². The molecule has 0 aromatic rings. The lowest BCUT2D eigenvalue weighted by Gasteiger charge is -2.18. The fraction of sp³-hybridized carbons (Fsp3) is 0.857. The molecular weight excluding hydrogens is 1020 g/mol. The van der Waals surface area contributed by atoms with Gasteiger partial charge in [-0.1, -0.05) is 352 Å². The molecule has 1 atom stereocenters. The van der Waals surface area contributed by atoms with E-state index >= 15 is 0 Å². The van der Waals surface area contributed by atoms with Crippen molar-refractivity contribution in [3.8, 4) is 0 Å². The highest BCUT2D eigenvalue weighted by Crippen LogP contribution is 2.19. The summed E-state index contributed by atoms with van der Waals surface area (Å²) in [5.74, 6) is -0.865. The lowest BCUT2D eigenvalue weighted by Crippen LogP contribution is -2.30. The summed E-state index contributed by atoms with van der Waals surface area (Å²) in [6, 6.07) is 0. The number of unbranched alkanes of at least 4 members (excludes halogenated alkanes) is 50. The molecule has 0 spiro atoms. The van der Waals surface area contributed by atoms with Gasteiger partial charge in [-0.2, -0.15) is 0 Å². The Labute approximate surface area is 518 Å². The smallest absolute Gasteiger partial charge is 0.306 e. The van der Waals surface area contributed by atoms with Gasteiger partial charge in [0.15, 0.2) is 6.10 Å². The molecule has 0 radical (unpaired) electrons. The molecule has 486 valence electrons. The third kappa shape index (κ3) is 70.0. The maximum absolute atomic E-state index is 13.0. The van der Waals surface area contributed by atoms with E-state index in [9.17, 15) is 14.4 Å². The quantitative estimate of drug-likeness (QED) is 0.0261. The second-order valence-corrected chi connectivity index (χ2v) is 25.2. The Hall–Kier alpha value is -2.63. The highest BCUT2D eigenvalue weighted by atomic mass is 16.6. The minimum Gasteiger partial charge on any atom is -0.462 e. The first kappa shape index (κ1) is 80.4. The van der Waals surface area contributed by atoms with Crippen molar-refractivity contribution in [2.75, 3.05) is 13.2 Å².